The standard InChI is InChI=1S/2C10H14FN3O4S.C8H8O3/c2*1-10(12,6-19(17,18)13-2)8-5-7(14(15)16)3-4-9(8)11;9-7(8(10)11)6-4-2-1-3-5-6/h2*3-5,13H,6,12H2,1-2H3;1-5,7,9H,(H,10,11)/p-1/t2*10-;7-/m001/s1. The summed E-state index contributed by atoms with van der Waals surface area (Å²) in [6, 6.07) is 13.8. The van der Waals surface area contributed by atoms with Gasteiger partial charge in [0.25, 0.3) is 11.4 Å². The molecular formula is C28H35F2N6O11S2-. The van der Waals surface area contributed by atoms with Crippen molar-refractivity contribution in [2.24, 2.45) is 11.5 Å². The molecule has 0 saturated heterocycles. The number of carboxylic acids is 1. The summed E-state index contributed by atoms with van der Waals surface area (Å²) in [6.45, 7) is 2.59. The van der Waals surface area contributed by atoms with E-state index in [-0.39, 0.29) is 22.5 Å². The first-order chi connectivity index (χ1) is 22.4. The number of nitro benzene ring substituents is 2. The Morgan fingerprint density at radius 1 is 0.796 bits per heavy atom. The molecule has 0 aliphatic carbocycles. The van der Waals surface area contributed by atoms with E-state index in [0.717, 1.165) is 36.4 Å². The summed E-state index contributed by atoms with van der Waals surface area (Å²) in [5, 5.41) is 40.4. The van der Waals surface area contributed by atoms with Gasteiger partial charge < -0.3 is 26.5 Å². The van der Waals surface area contributed by atoms with Gasteiger partial charge in [0.15, 0.2) is 0 Å². The van der Waals surface area contributed by atoms with Gasteiger partial charge in [0.2, 0.25) is 20.0 Å². The van der Waals surface area contributed by atoms with E-state index in [1.165, 1.54) is 40.1 Å². The van der Waals surface area contributed by atoms with Gasteiger partial charge in [-0.3, -0.25) is 20.2 Å². The second-order valence-electron chi connectivity index (χ2n) is 10.7. The Morgan fingerprint density at radius 3 is 1.43 bits per heavy atom. The molecule has 270 valence electrons. The van der Waals surface area contributed by atoms with E-state index in [1.807, 2.05) is 0 Å². The van der Waals surface area contributed by atoms with Crippen LogP contribution in [-0.2, 0) is 35.9 Å². The number of carbonyl (C=O) groups is 1. The van der Waals surface area contributed by atoms with Crippen LogP contribution in [0.25, 0.3) is 0 Å². The molecule has 7 N–H and O–H groups in total. The molecule has 0 bridgehead atoms. The number of hydrogen-bond acceptors (Lipinski definition) is 13. The van der Waals surface area contributed by atoms with Gasteiger partial charge in [0.05, 0.1) is 38.4 Å². The molecule has 17 nitrogen and oxygen atoms in total. The van der Waals surface area contributed by atoms with E-state index in [0.29, 0.717) is 5.56 Å². The fourth-order valence-corrected chi connectivity index (χ4v) is 6.17. The van der Waals surface area contributed by atoms with E-state index in [9.17, 15) is 55.7 Å². The zero-order chi connectivity index (χ0) is 38.0. The predicted molar refractivity (Wildman–Crippen MR) is 171 cm³/mol. The normalized spacial score (nSPS) is 14.4. The first-order valence-electron chi connectivity index (χ1n) is 13.6. The van der Waals surface area contributed by atoms with E-state index in [1.54, 1.807) is 18.2 Å². The molecule has 0 amide bonds. The van der Waals surface area contributed by atoms with Gasteiger partial charge in [-0.1, -0.05) is 30.3 Å². The highest BCUT2D eigenvalue weighted by molar-refractivity contribution is 7.89. The molecule has 0 aromatic heterocycles. The van der Waals surface area contributed by atoms with Crippen LogP contribution in [0, 0.1) is 31.9 Å². The molecule has 0 saturated carbocycles. The molecule has 3 aromatic carbocycles. The van der Waals surface area contributed by atoms with Crippen LogP contribution in [0.1, 0.15) is 36.6 Å². The third kappa shape index (κ3) is 13.1. The number of non-ortho nitro benzene ring substituents is 2. The average Bonchev–Trinajstić information content (AvgIpc) is 3.00. The molecular weight excluding hydrogens is 698 g/mol. The van der Waals surface area contributed by atoms with Crippen molar-refractivity contribution in [1.29, 1.82) is 0 Å². The Bertz CT molecular complexity index is 1750. The van der Waals surface area contributed by atoms with Gasteiger partial charge in [-0.05, 0) is 45.6 Å². The number of aliphatic carboxylic acids is 1. The topological polar surface area (TPSA) is 291 Å². The maximum Gasteiger partial charge on any atom is 0.269 e. The molecule has 0 spiro atoms. The van der Waals surface area contributed by atoms with Crippen molar-refractivity contribution in [3.8, 4) is 0 Å². The van der Waals surface area contributed by atoms with Gasteiger partial charge >= 0.3 is 0 Å². The van der Waals surface area contributed by atoms with Crippen LogP contribution in [0.3, 0.4) is 0 Å². The number of carbonyl (C=O) groups excluding carboxylic acids is 1. The largest absolute Gasteiger partial charge is 0.547 e. The summed E-state index contributed by atoms with van der Waals surface area (Å²) in [4.78, 5) is 30.0. The van der Waals surface area contributed by atoms with Gasteiger partial charge in [-0.25, -0.2) is 35.1 Å². The predicted octanol–water partition coefficient (Wildman–Crippen LogP) is 0.384. The van der Waals surface area contributed by atoms with Crippen molar-refractivity contribution in [2.75, 3.05) is 25.6 Å². The smallest absolute Gasteiger partial charge is 0.269 e. The van der Waals surface area contributed by atoms with E-state index < -0.39 is 76.2 Å². The Morgan fingerprint density at radius 2 is 1.14 bits per heavy atom. The lowest BCUT2D eigenvalue weighted by molar-refractivity contribution is -0.385. The molecule has 0 heterocycles. The van der Waals surface area contributed by atoms with Gasteiger partial charge in [-0.2, -0.15) is 0 Å². The molecule has 0 aliphatic heterocycles. The molecule has 0 aliphatic rings. The van der Waals surface area contributed by atoms with E-state index >= 15 is 0 Å². The maximum atomic E-state index is 13.7. The number of nitro groups is 2. The van der Waals surface area contributed by atoms with Crippen LogP contribution < -0.4 is 26.0 Å². The van der Waals surface area contributed by atoms with Crippen molar-refractivity contribution < 1.29 is 50.5 Å². The lowest BCUT2D eigenvalue weighted by Crippen LogP contribution is -2.44. The van der Waals surface area contributed by atoms with Crippen LogP contribution in [0.5, 0.6) is 0 Å². The quantitative estimate of drug-likeness (QED) is 0.124. The summed E-state index contributed by atoms with van der Waals surface area (Å²) in [7, 11) is -4.97. The zero-order valence-electron chi connectivity index (χ0n) is 26.5. The average molecular weight is 734 g/mol. The van der Waals surface area contributed by atoms with Gasteiger partial charge in [-0.15, -0.1) is 0 Å². The second-order valence-corrected chi connectivity index (χ2v) is 14.6. The molecule has 0 unspecified atom stereocenters. The molecule has 21 heteroatoms. The lowest BCUT2D eigenvalue weighted by Gasteiger charge is -2.25. The Kier molecular flexibility index (Phi) is 15.0. The number of carboxylic acid groups (broad SMARTS) is 1. The highest BCUT2D eigenvalue weighted by Crippen LogP contribution is 2.28. The van der Waals surface area contributed by atoms with E-state index in [4.69, 9.17) is 16.6 Å². The number of aliphatic hydroxyl groups is 1. The van der Waals surface area contributed by atoms with E-state index in [2.05, 4.69) is 9.44 Å². The summed E-state index contributed by atoms with van der Waals surface area (Å²) >= 11 is 0. The Hall–Kier alpha value is -4.51. The molecule has 3 aromatic rings. The van der Waals surface area contributed by atoms with Crippen LogP contribution in [0.15, 0.2) is 66.7 Å². The number of hydrogen-bond donors (Lipinski definition) is 5. The van der Waals surface area contributed by atoms with Crippen LogP contribution >= 0.6 is 0 Å². The van der Waals surface area contributed by atoms with Crippen molar-refractivity contribution in [3.05, 3.63) is 115 Å². The number of halogens is 2. The third-order valence-electron chi connectivity index (χ3n) is 6.49. The van der Waals surface area contributed by atoms with Crippen molar-refractivity contribution in [1.82, 2.24) is 9.44 Å². The van der Waals surface area contributed by atoms with Crippen LogP contribution in [0.2, 0.25) is 0 Å². The fraction of sp³-hybridized carbons (Fsp3) is 0.321. The Balaban J connectivity index is 0.000000381. The number of benzene rings is 3. The minimum Gasteiger partial charge on any atom is -0.547 e. The monoisotopic (exact) mass is 733 g/mol. The molecule has 49 heavy (non-hydrogen) atoms. The molecule has 3 atom stereocenters. The molecule has 0 radical (unpaired) electrons. The SMILES string of the molecule is CNS(=O)(=O)C[C@](C)(N)c1cc([N+](=O)[O-])ccc1F.CNS(=O)(=O)C[C@](C)(N)c1cc([N+](=O)[O-])ccc1F.O=C([O-])[C@H](O)c1ccccc1. The number of aliphatic hydroxyl groups excluding tert-OH is 1. The number of nitrogens with one attached hydrogen (secondary N) is 2. The minimum absolute atomic E-state index is 0.222. The first-order valence-corrected chi connectivity index (χ1v) is 16.9. The first kappa shape index (κ1) is 42.5. The maximum absolute atomic E-state index is 13.7. The highest BCUT2D eigenvalue weighted by Gasteiger charge is 2.33. The van der Waals surface area contributed by atoms with Crippen LogP contribution in [-0.4, -0.2) is 63.4 Å². The lowest BCUT2D eigenvalue weighted by atomic mass is 9.94. The Labute approximate surface area is 280 Å². The number of sulfonamides is 2. The van der Waals surface area contributed by atoms with Crippen molar-refractivity contribution in [3.63, 3.8) is 0 Å². The minimum atomic E-state index is -3.69. The summed E-state index contributed by atoms with van der Waals surface area (Å²) in [6.07, 6.45) is -1.52. The molecule has 0 fully saturated rings. The van der Waals surface area contributed by atoms with Crippen molar-refractivity contribution in [2.45, 2.75) is 31.0 Å². The zero-order valence-corrected chi connectivity index (χ0v) is 28.1. The van der Waals surface area contributed by atoms with Crippen molar-refractivity contribution >= 4 is 37.4 Å². The fourth-order valence-electron chi connectivity index (χ4n) is 3.99. The highest BCUT2D eigenvalue weighted by atomic mass is 32.2. The number of nitrogens with two attached hydrogens (primary N) is 2. The third-order valence-corrected chi connectivity index (χ3v) is 9.70. The number of rotatable bonds is 12. The molecule has 3 rings (SSSR count). The summed E-state index contributed by atoms with van der Waals surface area (Å²) in [5.74, 6) is -4.23. The van der Waals surface area contributed by atoms with Gasteiger partial charge in [0.1, 0.15) is 17.7 Å². The summed E-state index contributed by atoms with van der Waals surface area (Å²) in [5.41, 5.74) is 7.60. The van der Waals surface area contributed by atoms with Gasteiger partial charge in [0, 0.05) is 35.4 Å². The second kappa shape index (κ2) is 17.2. The van der Waals surface area contributed by atoms with Crippen LogP contribution in [0.4, 0.5) is 20.2 Å². The number of nitrogens with zero attached hydrogens (tertiary/aromatic N) is 2. The summed E-state index contributed by atoms with van der Waals surface area (Å²) < 4.78 is 77.4.